The molecular formula is C30H35FN2O5S. The van der Waals surface area contributed by atoms with Gasteiger partial charge in [-0.3, -0.25) is 4.72 Å². The highest BCUT2D eigenvalue weighted by Gasteiger charge is 2.36. The number of nitrogens with one attached hydrogen (secondary N) is 1. The molecule has 1 heterocycles. The lowest BCUT2D eigenvalue weighted by Gasteiger charge is -2.30. The highest BCUT2D eigenvalue weighted by molar-refractivity contribution is 7.90. The molecule has 208 valence electrons. The number of hydrogen-bond acceptors (Lipinski definition) is 4. The Hall–Kier alpha value is -3.27. The Morgan fingerprint density at radius 3 is 2.23 bits per heavy atom. The van der Waals surface area contributed by atoms with Gasteiger partial charge < -0.3 is 9.84 Å². The normalized spacial score (nSPS) is 16.2. The largest absolute Gasteiger partial charge is 0.479 e. The molecular weight excluding hydrogens is 519 g/mol. The summed E-state index contributed by atoms with van der Waals surface area (Å²) in [5, 5.41) is 10.3. The summed E-state index contributed by atoms with van der Waals surface area (Å²) in [5.74, 6) is -1.55. The van der Waals surface area contributed by atoms with Crippen LogP contribution in [0, 0.1) is 26.6 Å². The van der Waals surface area contributed by atoms with E-state index in [9.17, 15) is 22.7 Å². The van der Waals surface area contributed by atoms with Crippen molar-refractivity contribution in [2.24, 2.45) is 0 Å². The summed E-state index contributed by atoms with van der Waals surface area (Å²) in [5.41, 5.74) is 5.42. The summed E-state index contributed by atoms with van der Waals surface area (Å²) in [6.45, 7) is 11.3. The molecule has 0 saturated heterocycles. The predicted molar refractivity (Wildman–Crippen MR) is 150 cm³/mol. The quantitative estimate of drug-likeness (QED) is 0.385. The molecule has 3 aromatic rings. The number of carbonyl (C=O) groups is 1. The van der Waals surface area contributed by atoms with Crippen molar-refractivity contribution >= 4 is 21.9 Å². The minimum Gasteiger partial charge on any atom is -0.479 e. The highest BCUT2D eigenvalue weighted by Crippen LogP contribution is 2.44. The minimum atomic E-state index is -4.00. The molecule has 1 aliphatic heterocycles. The first kappa shape index (κ1) is 28.7. The molecule has 4 rings (SSSR count). The maximum atomic E-state index is 13.5. The lowest BCUT2D eigenvalue weighted by molar-refractivity contribution is -0.160. The number of benzene rings is 3. The number of hydrogen-bond donors (Lipinski definition) is 2. The number of anilines is 1. The lowest BCUT2D eigenvalue weighted by Crippen LogP contribution is -2.35. The van der Waals surface area contributed by atoms with Gasteiger partial charge in [-0.1, -0.05) is 42.0 Å². The predicted octanol–water partition coefficient (Wildman–Crippen LogP) is 6.07. The number of rotatable bonds is 6. The zero-order chi connectivity index (χ0) is 28.7. The van der Waals surface area contributed by atoms with Crippen molar-refractivity contribution < 1.29 is 27.4 Å². The van der Waals surface area contributed by atoms with Crippen molar-refractivity contribution in [3.63, 3.8) is 0 Å². The van der Waals surface area contributed by atoms with E-state index >= 15 is 0 Å². The van der Waals surface area contributed by atoms with Crippen LogP contribution in [0.15, 0.2) is 48.5 Å². The second-order valence-corrected chi connectivity index (χ2v) is 12.7. The maximum absolute atomic E-state index is 13.5. The summed E-state index contributed by atoms with van der Waals surface area (Å²) >= 11 is 0. The number of fused-ring (bicyclic) bond motifs is 1. The molecule has 1 atom stereocenters. The number of nitrogens with zero attached hydrogens (tertiary/aromatic N) is 1. The summed E-state index contributed by atoms with van der Waals surface area (Å²) < 4.78 is 50.6. The summed E-state index contributed by atoms with van der Waals surface area (Å²) in [6.07, 6.45) is -0.916. The highest BCUT2D eigenvalue weighted by atomic mass is 32.2. The van der Waals surface area contributed by atoms with E-state index in [4.69, 9.17) is 4.74 Å². The van der Waals surface area contributed by atoms with E-state index < -0.39 is 33.7 Å². The first-order valence-electron chi connectivity index (χ1n) is 12.8. The molecule has 1 aliphatic rings. The van der Waals surface area contributed by atoms with E-state index in [-0.39, 0.29) is 13.1 Å². The second kappa shape index (κ2) is 10.7. The number of carboxylic acid groups (broad SMARTS) is 1. The van der Waals surface area contributed by atoms with Crippen molar-refractivity contribution in [1.82, 2.24) is 4.31 Å². The van der Waals surface area contributed by atoms with Gasteiger partial charge >= 0.3 is 16.2 Å². The molecule has 0 aromatic heterocycles. The Balaban J connectivity index is 1.91. The molecule has 9 heteroatoms. The van der Waals surface area contributed by atoms with Gasteiger partial charge in [-0.05, 0) is 93.5 Å². The summed E-state index contributed by atoms with van der Waals surface area (Å²) in [6, 6.07) is 13.6. The van der Waals surface area contributed by atoms with Crippen LogP contribution in [0.25, 0.3) is 11.1 Å². The Kier molecular flexibility index (Phi) is 7.89. The third-order valence-corrected chi connectivity index (χ3v) is 8.38. The number of halogens is 1. The number of ether oxygens (including phenoxy) is 1. The average Bonchev–Trinajstić information content (AvgIpc) is 2.97. The van der Waals surface area contributed by atoms with Crippen LogP contribution in [0.5, 0.6) is 0 Å². The summed E-state index contributed by atoms with van der Waals surface area (Å²) in [7, 11) is -4.00. The monoisotopic (exact) mass is 554 g/mol. The number of carboxylic acids is 1. The molecule has 0 radical (unpaired) electrons. The fraction of sp³-hybridized carbons (Fsp3) is 0.367. The third kappa shape index (κ3) is 6.16. The van der Waals surface area contributed by atoms with E-state index in [0.29, 0.717) is 28.8 Å². The molecule has 0 amide bonds. The van der Waals surface area contributed by atoms with Crippen molar-refractivity contribution in [1.29, 1.82) is 0 Å². The molecule has 39 heavy (non-hydrogen) atoms. The zero-order valence-electron chi connectivity index (χ0n) is 23.1. The molecule has 0 fully saturated rings. The fourth-order valence-electron chi connectivity index (χ4n) is 5.05. The van der Waals surface area contributed by atoms with Gasteiger partial charge in [0.05, 0.1) is 11.3 Å². The standard InChI is InChI=1S/C30H35FN2O5S/c1-18-7-11-22(12-8-18)25-19(2)24-15-16-33(17-21-9-13-23(31)14-10-21)39(36,37)32-27(24)20(3)26(25)28(29(34)35)38-30(4,5)6/h7-14,28,32H,15-17H2,1-6H3,(H,34,35)/t28-/m0/s1. The van der Waals surface area contributed by atoms with Crippen LogP contribution in [0.3, 0.4) is 0 Å². The molecule has 0 bridgehead atoms. The van der Waals surface area contributed by atoms with Crippen molar-refractivity contribution in [2.75, 3.05) is 11.3 Å². The van der Waals surface area contributed by atoms with Crippen molar-refractivity contribution in [3.8, 4) is 11.1 Å². The Bertz CT molecular complexity index is 1490. The van der Waals surface area contributed by atoms with Crippen LogP contribution < -0.4 is 4.72 Å². The van der Waals surface area contributed by atoms with Crippen LogP contribution in [0.2, 0.25) is 0 Å². The van der Waals surface area contributed by atoms with Crippen LogP contribution >= 0.6 is 0 Å². The fourth-order valence-corrected chi connectivity index (χ4v) is 6.37. The number of aryl methyl sites for hydroxylation is 1. The number of aliphatic carboxylic acids is 1. The van der Waals surface area contributed by atoms with Gasteiger partial charge in [0.15, 0.2) is 6.10 Å². The van der Waals surface area contributed by atoms with E-state index in [1.807, 2.05) is 38.1 Å². The maximum Gasteiger partial charge on any atom is 0.337 e. The SMILES string of the molecule is Cc1ccc(-c2c(C)c3c(c(C)c2[C@H](OC(C)(C)C)C(=O)O)NS(=O)(=O)N(Cc2ccc(F)cc2)CC3)cc1. The van der Waals surface area contributed by atoms with Gasteiger partial charge in [0.2, 0.25) is 0 Å². The Morgan fingerprint density at radius 1 is 1.05 bits per heavy atom. The van der Waals surface area contributed by atoms with Gasteiger partial charge in [0.1, 0.15) is 5.82 Å². The lowest BCUT2D eigenvalue weighted by atomic mass is 9.83. The van der Waals surface area contributed by atoms with Gasteiger partial charge in [-0.15, -0.1) is 0 Å². The van der Waals surface area contributed by atoms with Gasteiger partial charge in [0.25, 0.3) is 0 Å². The molecule has 0 unspecified atom stereocenters. The van der Waals surface area contributed by atoms with Gasteiger partial charge in [-0.25, -0.2) is 9.18 Å². The minimum absolute atomic E-state index is 0.0737. The Morgan fingerprint density at radius 2 is 1.67 bits per heavy atom. The molecule has 7 nitrogen and oxygen atoms in total. The van der Waals surface area contributed by atoms with Crippen LogP contribution in [-0.4, -0.2) is 35.9 Å². The molecule has 0 saturated carbocycles. The second-order valence-electron chi connectivity index (χ2n) is 11.0. The van der Waals surface area contributed by atoms with Crippen molar-refractivity contribution in [2.45, 2.75) is 66.2 Å². The first-order valence-corrected chi connectivity index (χ1v) is 14.3. The topological polar surface area (TPSA) is 95.9 Å². The van der Waals surface area contributed by atoms with E-state index in [1.165, 1.54) is 16.4 Å². The average molecular weight is 555 g/mol. The van der Waals surface area contributed by atoms with E-state index in [2.05, 4.69) is 4.72 Å². The van der Waals surface area contributed by atoms with E-state index in [1.54, 1.807) is 39.8 Å². The van der Waals surface area contributed by atoms with Gasteiger partial charge in [-0.2, -0.15) is 12.7 Å². The van der Waals surface area contributed by atoms with Crippen LogP contribution in [-0.2, 0) is 32.7 Å². The van der Waals surface area contributed by atoms with E-state index in [0.717, 1.165) is 27.8 Å². The van der Waals surface area contributed by atoms with Gasteiger partial charge in [0, 0.05) is 18.7 Å². The third-order valence-electron chi connectivity index (χ3n) is 6.93. The molecule has 0 aliphatic carbocycles. The smallest absolute Gasteiger partial charge is 0.337 e. The first-order chi connectivity index (χ1) is 18.2. The summed E-state index contributed by atoms with van der Waals surface area (Å²) in [4.78, 5) is 12.6. The molecule has 2 N–H and O–H groups in total. The molecule has 3 aromatic carbocycles. The zero-order valence-corrected chi connectivity index (χ0v) is 23.9. The molecule has 0 spiro atoms. The van der Waals surface area contributed by atoms with Crippen LogP contribution in [0.4, 0.5) is 10.1 Å². The van der Waals surface area contributed by atoms with Crippen molar-refractivity contribution in [3.05, 3.63) is 87.7 Å². The Labute approximate surface area is 229 Å². The van der Waals surface area contributed by atoms with Crippen LogP contribution in [0.1, 0.15) is 60.3 Å².